The first-order chi connectivity index (χ1) is 9.11. The topological polar surface area (TPSA) is 75.4 Å². The maximum Gasteiger partial charge on any atom is 0.269 e. The summed E-state index contributed by atoms with van der Waals surface area (Å²) in [5, 5.41) is 23.4. The molecule has 19 heavy (non-hydrogen) atoms. The van der Waals surface area contributed by atoms with E-state index in [1.54, 1.807) is 12.1 Å². The predicted molar refractivity (Wildman–Crippen MR) is 72.9 cm³/mol. The normalized spacial score (nSPS) is 24.3. The Bertz CT molecular complexity index is 433. The number of rotatable bonds is 5. The van der Waals surface area contributed by atoms with Crippen molar-refractivity contribution in [1.29, 1.82) is 0 Å². The summed E-state index contributed by atoms with van der Waals surface area (Å²) in [6, 6.07) is 7.13. The van der Waals surface area contributed by atoms with Gasteiger partial charge in [0.25, 0.3) is 5.69 Å². The summed E-state index contributed by atoms with van der Waals surface area (Å²) in [4.78, 5) is 10.2. The Morgan fingerprint density at radius 2 is 2.11 bits per heavy atom. The van der Waals surface area contributed by atoms with Crippen LogP contribution in [0.3, 0.4) is 0 Å². The molecule has 0 radical (unpaired) electrons. The Balaban J connectivity index is 1.99. The van der Waals surface area contributed by atoms with Gasteiger partial charge in [-0.3, -0.25) is 10.1 Å². The van der Waals surface area contributed by atoms with Crippen molar-refractivity contribution in [2.45, 2.75) is 38.3 Å². The van der Waals surface area contributed by atoms with Gasteiger partial charge in [0.2, 0.25) is 0 Å². The lowest BCUT2D eigenvalue weighted by Crippen LogP contribution is -2.35. The molecular formula is C14H20N2O3. The molecule has 5 heteroatoms. The molecule has 1 saturated carbocycles. The highest BCUT2D eigenvalue weighted by Gasteiger charge is 2.27. The molecule has 0 aromatic heterocycles. The zero-order valence-electron chi connectivity index (χ0n) is 11.1. The first-order valence-electron chi connectivity index (χ1n) is 6.73. The smallest absolute Gasteiger partial charge is 0.269 e. The van der Waals surface area contributed by atoms with Crippen molar-refractivity contribution in [3.63, 3.8) is 0 Å². The fourth-order valence-electron chi connectivity index (χ4n) is 2.78. The highest BCUT2D eigenvalue weighted by atomic mass is 16.6. The van der Waals surface area contributed by atoms with E-state index in [-0.39, 0.29) is 23.3 Å². The minimum Gasteiger partial charge on any atom is -0.396 e. The molecule has 0 saturated heterocycles. The molecule has 1 fully saturated rings. The van der Waals surface area contributed by atoms with Crippen molar-refractivity contribution in [2.24, 2.45) is 5.92 Å². The minimum absolute atomic E-state index is 0.116. The number of aliphatic hydroxyl groups is 1. The lowest BCUT2D eigenvalue weighted by molar-refractivity contribution is -0.384. The van der Waals surface area contributed by atoms with Crippen LogP contribution in [0.5, 0.6) is 0 Å². The molecule has 1 aromatic rings. The van der Waals surface area contributed by atoms with Crippen LogP contribution in [-0.2, 0) is 0 Å². The highest BCUT2D eigenvalue weighted by Crippen LogP contribution is 2.27. The van der Waals surface area contributed by atoms with E-state index in [0.717, 1.165) is 24.8 Å². The van der Waals surface area contributed by atoms with Gasteiger partial charge < -0.3 is 10.4 Å². The van der Waals surface area contributed by atoms with Crippen LogP contribution in [0.25, 0.3) is 0 Å². The maximum absolute atomic E-state index is 10.6. The summed E-state index contributed by atoms with van der Waals surface area (Å²) in [6.07, 6.45) is 3.31. The van der Waals surface area contributed by atoms with Crippen molar-refractivity contribution in [3.05, 3.63) is 39.9 Å². The van der Waals surface area contributed by atoms with E-state index in [1.807, 2.05) is 6.92 Å². The molecule has 1 aromatic carbocycles. The minimum atomic E-state index is -0.388. The first kappa shape index (κ1) is 14.0. The number of aliphatic hydroxyl groups excluding tert-OH is 1. The van der Waals surface area contributed by atoms with Gasteiger partial charge in [0.05, 0.1) is 4.92 Å². The van der Waals surface area contributed by atoms with Crippen molar-refractivity contribution in [3.8, 4) is 0 Å². The molecule has 0 amide bonds. The van der Waals surface area contributed by atoms with E-state index in [9.17, 15) is 15.2 Å². The lowest BCUT2D eigenvalue weighted by Gasteiger charge is -2.24. The number of nitrogens with zero attached hydrogens (tertiary/aromatic N) is 1. The SMILES string of the molecule is CC(NC1CCCC1CO)c1ccc([N+](=O)[O-])cc1. The van der Waals surface area contributed by atoms with Gasteiger partial charge in [0.1, 0.15) is 0 Å². The Kier molecular flexibility index (Phi) is 4.50. The monoisotopic (exact) mass is 264 g/mol. The van der Waals surface area contributed by atoms with E-state index in [1.165, 1.54) is 12.1 Å². The Labute approximate surface area is 112 Å². The molecular weight excluding hydrogens is 244 g/mol. The molecule has 0 heterocycles. The number of hydrogen-bond donors (Lipinski definition) is 2. The van der Waals surface area contributed by atoms with Crippen molar-refractivity contribution >= 4 is 5.69 Å². The molecule has 2 N–H and O–H groups in total. The molecule has 1 aliphatic carbocycles. The van der Waals surface area contributed by atoms with Gasteiger partial charge in [-0.2, -0.15) is 0 Å². The predicted octanol–water partition coefficient (Wildman–Crippen LogP) is 2.41. The quantitative estimate of drug-likeness (QED) is 0.632. The largest absolute Gasteiger partial charge is 0.396 e. The van der Waals surface area contributed by atoms with Crippen LogP contribution in [0.15, 0.2) is 24.3 Å². The summed E-state index contributed by atoms with van der Waals surface area (Å²) in [7, 11) is 0. The number of nitro benzene ring substituents is 1. The standard InChI is InChI=1S/C14H20N2O3/c1-10(15-14-4-2-3-12(14)9-17)11-5-7-13(8-6-11)16(18)19/h5-8,10,12,14-15,17H,2-4,9H2,1H3. The molecule has 0 bridgehead atoms. The summed E-state index contributed by atoms with van der Waals surface area (Å²) >= 11 is 0. The van der Waals surface area contributed by atoms with Crippen molar-refractivity contribution in [2.75, 3.05) is 6.61 Å². The van der Waals surface area contributed by atoms with Gasteiger partial charge in [0, 0.05) is 30.8 Å². The first-order valence-corrected chi connectivity index (χ1v) is 6.73. The second-order valence-electron chi connectivity index (χ2n) is 5.22. The van der Waals surface area contributed by atoms with E-state index in [0.29, 0.717) is 12.0 Å². The molecule has 104 valence electrons. The van der Waals surface area contributed by atoms with E-state index in [2.05, 4.69) is 5.32 Å². The van der Waals surface area contributed by atoms with Crippen LogP contribution in [0.2, 0.25) is 0 Å². The van der Waals surface area contributed by atoms with Crippen LogP contribution < -0.4 is 5.32 Å². The average molecular weight is 264 g/mol. The number of hydrogen-bond acceptors (Lipinski definition) is 4. The molecule has 3 atom stereocenters. The zero-order chi connectivity index (χ0) is 13.8. The van der Waals surface area contributed by atoms with Crippen LogP contribution in [0, 0.1) is 16.0 Å². The van der Waals surface area contributed by atoms with Gasteiger partial charge in [0.15, 0.2) is 0 Å². The third kappa shape index (κ3) is 3.30. The van der Waals surface area contributed by atoms with E-state index in [4.69, 9.17) is 0 Å². The summed E-state index contributed by atoms with van der Waals surface area (Å²) in [5.74, 6) is 0.334. The number of nitro groups is 1. The number of non-ortho nitro benzene ring substituents is 1. The summed E-state index contributed by atoms with van der Waals surface area (Å²) in [6.45, 7) is 2.28. The third-order valence-corrected chi connectivity index (χ3v) is 3.96. The van der Waals surface area contributed by atoms with E-state index >= 15 is 0 Å². The molecule has 0 spiro atoms. The zero-order valence-corrected chi connectivity index (χ0v) is 11.1. The fraction of sp³-hybridized carbons (Fsp3) is 0.571. The molecule has 1 aliphatic rings. The van der Waals surface area contributed by atoms with Gasteiger partial charge in [-0.1, -0.05) is 18.6 Å². The molecule has 3 unspecified atom stereocenters. The van der Waals surface area contributed by atoms with Crippen LogP contribution in [0.1, 0.15) is 37.8 Å². The second-order valence-corrected chi connectivity index (χ2v) is 5.22. The molecule has 5 nitrogen and oxygen atoms in total. The number of benzene rings is 1. The fourth-order valence-corrected chi connectivity index (χ4v) is 2.78. The molecule has 2 rings (SSSR count). The average Bonchev–Trinajstić information content (AvgIpc) is 2.86. The van der Waals surface area contributed by atoms with Gasteiger partial charge in [-0.15, -0.1) is 0 Å². The third-order valence-electron chi connectivity index (χ3n) is 3.96. The van der Waals surface area contributed by atoms with Gasteiger partial charge in [-0.05, 0) is 31.2 Å². The van der Waals surface area contributed by atoms with Crippen LogP contribution in [0.4, 0.5) is 5.69 Å². The Morgan fingerprint density at radius 1 is 1.42 bits per heavy atom. The highest BCUT2D eigenvalue weighted by molar-refractivity contribution is 5.34. The second kappa shape index (κ2) is 6.12. The Hall–Kier alpha value is -1.46. The van der Waals surface area contributed by atoms with Gasteiger partial charge >= 0.3 is 0 Å². The Morgan fingerprint density at radius 3 is 2.68 bits per heavy atom. The van der Waals surface area contributed by atoms with Crippen molar-refractivity contribution in [1.82, 2.24) is 5.32 Å². The lowest BCUT2D eigenvalue weighted by atomic mass is 10.0. The maximum atomic E-state index is 10.6. The van der Waals surface area contributed by atoms with Crippen LogP contribution in [-0.4, -0.2) is 22.7 Å². The van der Waals surface area contributed by atoms with E-state index < -0.39 is 0 Å². The number of nitrogens with one attached hydrogen (secondary N) is 1. The summed E-state index contributed by atoms with van der Waals surface area (Å²) < 4.78 is 0. The molecule has 0 aliphatic heterocycles. The van der Waals surface area contributed by atoms with Crippen LogP contribution >= 0.6 is 0 Å². The summed E-state index contributed by atoms with van der Waals surface area (Å²) in [5.41, 5.74) is 1.15. The van der Waals surface area contributed by atoms with Gasteiger partial charge in [-0.25, -0.2) is 0 Å². The van der Waals surface area contributed by atoms with Crippen molar-refractivity contribution < 1.29 is 10.0 Å².